The van der Waals surface area contributed by atoms with E-state index in [9.17, 15) is 24.0 Å². The fourth-order valence-corrected chi connectivity index (χ4v) is 7.35. The summed E-state index contributed by atoms with van der Waals surface area (Å²) in [6, 6.07) is 3.12. The molecule has 1 aliphatic rings. The number of ether oxygens (including phenoxy) is 1. The van der Waals surface area contributed by atoms with Crippen molar-refractivity contribution in [2.45, 2.75) is 142 Å². The monoisotopic (exact) mass is 798 g/mol. The maximum Gasteiger partial charge on any atom is 0.328 e. The first-order chi connectivity index (χ1) is 27.1. The summed E-state index contributed by atoms with van der Waals surface area (Å²) < 4.78 is 5.25. The lowest BCUT2D eigenvalue weighted by Gasteiger charge is -2.34. The quantitative estimate of drug-likeness (QED) is 0.0570. The molecule has 57 heavy (non-hydrogen) atoms. The number of carbonyl (C=O) groups is 5. The fraction of sp³-hybridized carbons (Fsp3) is 0.690. The lowest BCUT2D eigenvalue weighted by Crippen LogP contribution is -2.61. The molecule has 1 aromatic carbocycles. The number of benzene rings is 1. The number of nitrogens with two attached hydrogens (primary N) is 3. The smallest absolute Gasteiger partial charge is 0.328 e. The van der Waals surface area contributed by atoms with Gasteiger partial charge in [0.1, 0.15) is 24.2 Å². The maximum atomic E-state index is 14.4. The van der Waals surface area contributed by atoms with Gasteiger partial charge in [-0.05, 0) is 87.9 Å². The van der Waals surface area contributed by atoms with Crippen LogP contribution in [0.15, 0.2) is 30.5 Å². The first-order valence-corrected chi connectivity index (χ1v) is 20.9. The van der Waals surface area contributed by atoms with Crippen LogP contribution in [-0.4, -0.2) is 109 Å². The third-order valence-corrected chi connectivity index (χ3v) is 10.5. The molecule has 2 aromatic rings. The molecule has 0 bridgehead atoms. The number of H-pyrrole nitrogens is 1. The Morgan fingerprint density at radius 3 is 2.25 bits per heavy atom. The molecule has 0 saturated carbocycles. The molecule has 1 aromatic heterocycles. The SMILES string of the molecule is CCOC(=O)[C@H](CC(C)C)NC(=O)[C@@H](NC(=O)[C@H](Cc1c[nH]c2ccccc12)NC(=O)[C@@H]1CCCN1C(=O)[C@H](CCCCN)NC[C@@H](N)CCCCN)C(C)(C)C. The van der Waals surface area contributed by atoms with Gasteiger partial charge in [0.15, 0.2) is 0 Å². The molecule has 0 radical (unpaired) electrons. The number of esters is 1. The molecule has 11 N–H and O–H groups in total. The van der Waals surface area contributed by atoms with Crippen molar-refractivity contribution in [2.75, 3.05) is 32.8 Å². The number of nitrogens with zero attached hydrogens (tertiary/aromatic N) is 1. The Morgan fingerprint density at radius 2 is 1.60 bits per heavy atom. The number of likely N-dealkylation sites (tertiary alicyclic amines) is 1. The van der Waals surface area contributed by atoms with Gasteiger partial charge in [0.05, 0.1) is 12.6 Å². The lowest BCUT2D eigenvalue weighted by atomic mass is 9.85. The van der Waals surface area contributed by atoms with Gasteiger partial charge in [0.25, 0.3) is 0 Å². The predicted octanol–water partition coefficient (Wildman–Crippen LogP) is 2.35. The van der Waals surface area contributed by atoms with Crippen molar-refractivity contribution in [3.63, 3.8) is 0 Å². The highest BCUT2D eigenvalue weighted by molar-refractivity contribution is 5.96. The summed E-state index contributed by atoms with van der Waals surface area (Å²) in [6.45, 7) is 13.2. The van der Waals surface area contributed by atoms with Crippen molar-refractivity contribution in [1.29, 1.82) is 0 Å². The van der Waals surface area contributed by atoms with Crippen LogP contribution < -0.4 is 38.5 Å². The molecule has 1 fully saturated rings. The minimum Gasteiger partial charge on any atom is -0.464 e. The highest BCUT2D eigenvalue weighted by Gasteiger charge is 2.40. The van der Waals surface area contributed by atoms with Crippen LogP contribution in [0.5, 0.6) is 0 Å². The number of amides is 4. The summed E-state index contributed by atoms with van der Waals surface area (Å²) in [5, 5.41) is 13.0. The zero-order valence-electron chi connectivity index (χ0n) is 35.2. The first kappa shape index (κ1) is 47.3. The molecule has 1 aliphatic heterocycles. The van der Waals surface area contributed by atoms with Gasteiger partial charge in [-0.1, -0.05) is 65.7 Å². The van der Waals surface area contributed by atoms with Gasteiger partial charge in [-0.15, -0.1) is 0 Å². The molecule has 2 heterocycles. The van der Waals surface area contributed by atoms with Gasteiger partial charge in [-0.3, -0.25) is 19.2 Å². The van der Waals surface area contributed by atoms with E-state index < -0.39 is 59.3 Å². The van der Waals surface area contributed by atoms with Crippen LogP contribution >= 0.6 is 0 Å². The van der Waals surface area contributed by atoms with Crippen molar-refractivity contribution in [3.05, 3.63) is 36.0 Å². The molecule has 6 atom stereocenters. The minimum absolute atomic E-state index is 0.0845. The molecule has 320 valence electrons. The van der Waals surface area contributed by atoms with Gasteiger partial charge in [0, 0.05) is 42.7 Å². The van der Waals surface area contributed by atoms with Crippen LogP contribution in [-0.2, 0) is 35.1 Å². The molecule has 0 spiro atoms. The second-order valence-corrected chi connectivity index (χ2v) is 16.9. The van der Waals surface area contributed by atoms with Crippen molar-refractivity contribution in [1.82, 2.24) is 31.2 Å². The minimum atomic E-state index is -1.10. The Labute approximate surface area is 339 Å². The molecule has 1 saturated heterocycles. The van der Waals surface area contributed by atoms with E-state index in [2.05, 4.69) is 26.3 Å². The number of hydrogen-bond donors (Lipinski definition) is 8. The Balaban J connectivity index is 1.88. The number of aromatic nitrogens is 1. The zero-order chi connectivity index (χ0) is 42.1. The average molecular weight is 798 g/mol. The Bertz CT molecular complexity index is 1590. The van der Waals surface area contributed by atoms with E-state index in [1.54, 1.807) is 11.8 Å². The van der Waals surface area contributed by atoms with Crippen LogP contribution in [0.3, 0.4) is 0 Å². The van der Waals surface area contributed by atoms with E-state index >= 15 is 0 Å². The highest BCUT2D eigenvalue weighted by atomic mass is 16.5. The summed E-state index contributed by atoms with van der Waals surface area (Å²) in [7, 11) is 0. The van der Waals surface area contributed by atoms with Crippen LogP contribution in [0, 0.1) is 11.3 Å². The Morgan fingerprint density at radius 1 is 0.912 bits per heavy atom. The van der Waals surface area contributed by atoms with Gasteiger partial charge in [-0.25, -0.2) is 4.79 Å². The molecule has 15 heteroatoms. The lowest BCUT2D eigenvalue weighted by molar-refractivity contribution is -0.148. The molecule has 3 rings (SSSR count). The van der Waals surface area contributed by atoms with Crippen LogP contribution in [0.4, 0.5) is 0 Å². The molecular weight excluding hydrogens is 727 g/mol. The number of unbranched alkanes of at least 4 members (excludes halogenated alkanes) is 2. The summed E-state index contributed by atoms with van der Waals surface area (Å²) in [5.74, 6) is -2.19. The molecule has 0 aliphatic carbocycles. The summed E-state index contributed by atoms with van der Waals surface area (Å²) >= 11 is 0. The number of hydrogen-bond acceptors (Lipinski definition) is 10. The van der Waals surface area contributed by atoms with E-state index in [-0.39, 0.29) is 30.9 Å². The standard InChI is InChI=1S/C42H71N9O6/c1-7-57-41(56)34(23-27(2)3)49-39(54)36(42(4,5)6)50-37(52)33(24-28-25-46-31-17-9-8-16-30(28)31)48-38(53)35-19-14-22-51(35)40(55)32(18-11-13-21-44)47-26-29(45)15-10-12-20-43/h8-9,16-17,25,27,29,32-36,46-47H,7,10-15,18-24,26,43-45H2,1-6H3,(H,48,53)(H,49,54)(H,50,52)/t29-,32-,33-,34-,35-,36+/m0/s1. The summed E-state index contributed by atoms with van der Waals surface area (Å²) in [6.07, 6.45) is 7.96. The highest BCUT2D eigenvalue weighted by Crippen LogP contribution is 2.24. The number of aromatic amines is 1. The van der Waals surface area contributed by atoms with Gasteiger partial charge in [-0.2, -0.15) is 0 Å². The van der Waals surface area contributed by atoms with E-state index in [0.717, 1.165) is 48.6 Å². The third kappa shape index (κ3) is 14.7. The number of fused-ring (bicyclic) bond motifs is 1. The largest absolute Gasteiger partial charge is 0.464 e. The Kier molecular flexibility index (Phi) is 19.4. The van der Waals surface area contributed by atoms with Crippen LogP contribution in [0.2, 0.25) is 0 Å². The van der Waals surface area contributed by atoms with Gasteiger partial charge in [0.2, 0.25) is 23.6 Å². The second kappa shape index (κ2) is 23.4. The van der Waals surface area contributed by atoms with Crippen molar-refractivity contribution in [3.8, 4) is 0 Å². The zero-order valence-corrected chi connectivity index (χ0v) is 35.2. The number of para-hydroxylation sites is 1. The normalized spacial score (nSPS) is 17.2. The Hall–Kier alpha value is -4.05. The van der Waals surface area contributed by atoms with Crippen LogP contribution in [0.25, 0.3) is 10.9 Å². The molecule has 15 nitrogen and oxygen atoms in total. The van der Waals surface area contributed by atoms with Gasteiger partial charge >= 0.3 is 5.97 Å². The predicted molar refractivity (Wildman–Crippen MR) is 224 cm³/mol. The number of carbonyl (C=O) groups excluding carboxylic acids is 5. The van der Waals surface area contributed by atoms with Crippen LogP contribution in [0.1, 0.15) is 105 Å². The topological polar surface area (TPSA) is 240 Å². The average Bonchev–Trinajstić information content (AvgIpc) is 3.82. The van der Waals surface area contributed by atoms with Gasteiger partial charge < -0.3 is 53.1 Å². The van der Waals surface area contributed by atoms with Crippen molar-refractivity contribution < 1.29 is 28.7 Å². The molecule has 0 unspecified atom stereocenters. The number of rotatable bonds is 24. The maximum absolute atomic E-state index is 14.4. The number of nitrogens with one attached hydrogen (secondary N) is 5. The van der Waals surface area contributed by atoms with E-state index in [1.807, 2.05) is 65.1 Å². The van der Waals surface area contributed by atoms with E-state index in [0.29, 0.717) is 51.9 Å². The second-order valence-electron chi connectivity index (χ2n) is 16.9. The third-order valence-electron chi connectivity index (χ3n) is 10.5. The first-order valence-electron chi connectivity index (χ1n) is 20.9. The van der Waals surface area contributed by atoms with Crippen molar-refractivity contribution in [2.24, 2.45) is 28.5 Å². The molecular formula is C42H71N9O6. The van der Waals surface area contributed by atoms with E-state index in [4.69, 9.17) is 21.9 Å². The summed E-state index contributed by atoms with van der Waals surface area (Å²) in [5.41, 5.74) is 18.7. The molecule has 4 amide bonds. The fourth-order valence-electron chi connectivity index (χ4n) is 7.35. The van der Waals surface area contributed by atoms with E-state index in [1.165, 1.54) is 0 Å². The van der Waals surface area contributed by atoms with Crippen molar-refractivity contribution >= 4 is 40.5 Å². The summed E-state index contributed by atoms with van der Waals surface area (Å²) in [4.78, 5) is 74.4.